The first-order valence-corrected chi connectivity index (χ1v) is 9.87. The van der Waals surface area contributed by atoms with Crippen molar-refractivity contribution in [3.8, 4) is 11.3 Å². The summed E-state index contributed by atoms with van der Waals surface area (Å²) in [6, 6.07) is 15.9. The number of aryl methyl sites for hydroxylation is 1. The van der Waals surface area contributed by atoms with Crippen LogP contribution in [0.15, 0.2) is 65.6 Å². The highest BCUT2D eigenvalue weighted by Crippen LogP contribution is 2.18. The van der Waals surface area contributed by atoms with Gasteiger partial charge in [0.1, 0.15) is 12.4 Å². The molecule has 9 heteroatoms. The highest BCUT2D eigenvalue weighted by molar-refractivity contribution is 6.30. The van der Waals surface area contributed by atoms with Crippen LogP contribution in [0.25, 0.3) is 16.9 Å². The predicted octanol–water partition coefficient (Wildman–Crippen LogP) is 2.36. The van der Waals surface area contributed by atoms with Crippen LogP contribution >= 0.6 is 11.6 Å². The summed E-state index contributed by atoms with van der Waals surface area (Å²) in [6.07, 6.45) is 3.29. The molecule has 1 N–H and O–H groups in total. The Bertz CT molecular complexity index is 1230. The second-order valence-corrected chi connectivity index (χ2v) is 7.16. The highest BCUT2D eigenvalue weighted by atomic mass is 35.5. The molecule has 3 heterocycles. The number of amides is 1. The van der Waals surface area contributed by atoms with Gasteiger partial charge in [-0.2, -0.15) is 5.10 Å². The fraction of sp³-hybridized carbons (Fsp3) is 0.190. The Kier molecular flexibility index (Phi) is 5.85. The van der Waals surface area contributed by atoms with Crippen LogP contribution in [0, 0.1) is 0 Å². The number of halogens is 1. The van der Waals surface area contributed by atoms with Crippen LogP contribution < -0.4 is 10.9 Å². The van der Waals surface area contributed by atoms with Gasteiger partial charge in [0.2, 0.25) is 5.91 Å². The summed E-state index contributed by atoms with van der Waals surface area (Å²) in [5.41, 5.74) is 1.87. The molecule has 0 saturated carbocycles. The van der Waals surface area contributed by atoms with E-state index < -0.39 is 0 Å². The van der Waals surface area contributed by atoms with E-state index in [0.717, 1.165) is 21.7 Å². The summed E-state index contributed by atoms with van der Waals surface area (Å²) < 4.78 is 3.08. The molecule has 30 heavy (non-hydrogen) atoms. The average Bonchev–Trinajstić information content (AvgIpc) is 3.17. The molecule has 1 aromatic carbocycles. The predicted molar refractivity (Wildman–Crippen MR) is 113 cm³/mol. The molecule has 1 amide bonds. The van der Waals surface area contributed by atoms with E-state index >= 15 is 0 Å². The van der Waals surface area contributed by atoms with Crippen LogP contribution in [0.2, 0.25) is 5.02 Å². The van der Waals surface area contributed by atoms with Crippen molar-refractivity contribution in [2.45, 2.75) is 19.4 Å². The van der Waals surface area contributed by atoms with Gasteiger partial charge in [0.15, 0.2) is 5.65 Å². The number of rotatable bonds is 7. The molecular weight excluding hydrogens is 404 g/mol. The van der Waals surface area contributed by atoms with Crippen molar-refractivity contribution in [3.05, 3.63) is 82.0 Å². The van der Waals surface area contributed by atoms with Crippen molar-refractivity contribution in [2.75, 3.05) is 6.54 Å². The van der Waals surface area contributed by atoms with E-state index in [0.29, 0.717) is 30.1 Å². The summed E-state index contributed by atoms with van der Waals surface area (Å²) in [4.78, 5) is 24.4. The normalized spacial score (nSPS) is 11.0. The second kappa shape index (κ2) is 8.87. The summed E-state index contributed by atoms with van der Waals surface area (Å²) >= 11 is 5.91. The molecule has 0 bridgehead atoms. The molecule has 0 saturated heterocycles. The van der Waals surface area contributed by atoms with E-state index in [1.807, 2.05) is 40.9 Å². The number of carbonyl (C=O) groups excluding carboxylic acids is 1. The quantitative estimate of drug-likeness (QED) is 0.461. The van der Waals surface area contributed by atoms with E-state index in [1.54, 1.807) is 18.2 Å². The molecule has 0 fully saturated rings. The van der Waals surface area contributed by atoms with Crippen molar-refractivity contribution in [1.29, 1.82) is 0 Å². The van der Waals surface area contributed by atoms with Crippen molar-refractivity contribution < 1.29 is 4.79 Å². The third-order valence-electron chi connectivity index (χ3n) is 4.58. The Morgan fingerprint density at radius 1 is 1.03 bits per heavy atom. The van der Waals surface area contributed by atoms with Crippen molar-refractivity contribution in [3.63, 3.8) is 0 Å². The zero-order valence-electron chi connectivity index (χ0n) is 16.0. The lowest BCUT2D eigenvalue weighted by Crippen LogP contribution is -2.34. The minimum atomic E-state index is -0.335. The molecule has 0 aliphatic rings. The molecule has 152 valence electrons. The molecule has 4 aromatic rings. The van der Waals surface area contributed by atoms with E-state index in [2.05, 4.69) is 20.6 Å². The second-order valence-electron chi connectivity index (χ2n) is 6.72. The van der Waals surface area contributed by atoms with Gasteiger partial charge in [-0.25, -0.2) is 4.68 Å². The smallest absolute Gasteiger partial charge is 0.267 e. The van der Waals surface area contributed by atoms with Crippen LogP contribution in [0.4, 0.5) is 0 Å². The van der Waals surface area contributed by atoms with Gasteiger partial charge in [0.05, 0.1) is 5.69 Å². The number of fused-ring (bicyclic) bond motifs is 1. The molecule has 0 atom stereocenters. The van der Waals surface area contributed by atoms with E-state index in [4.69, 9.17) is 11.6 Å². The maximum atomic E-state index is 12.3. The van der Waals surface area contributed by atoms with Gasteiger partial charge >= 0.3 is 0 Å². The lowest BCUT2D eigenvalue weighted by molar-refractivity contribution is -0.121. The number of nitrogens with one attached hydrogen (secondary N) is 1. The summed E-state index contributed by atoms with van der Waals surface area (Å²) in [7, 11) is 0. The first kappa shape index (κ1) is 19.8. The van der Waals surface area contributed by atoms with Gasteiger partial charge in [-0.15, -0.1) is 10.2 Å². The van der Waals surface area contributed by atoms with E-state index in [-0.39, 0.29) is 18.0 Å². The van der Waals surface area contributed by atoms with Crippen LogP contribution in [0.3, 0.4) is 0 Å². The topological polar surface area (TPSA) is 94.2 Å². The van der Waals surface area contributed by atoms with Crippen molar-refractivity contribution in [2.24, 2.45) is 0 Å². The average molecular weight is 423 g/mol. The van der Waals surface area contributed by atoms with Gasteiger partial charge in [-0.3, -0.25) is 14.0 Å². The number of carbonyl (C=O) groups is 1. The molecule has 0 spiro atoms. The molecular formula is C21H19ClN6O2. The molecule has 3 aromatic heterocycles. The first-order chi connectivity index (χ1) is 14.6. The zero-order chi connectivity index (χ0) is 20.9. The standard InChI is InChI=1S/C21H19ClN6O2/c22-16-8-6-15(7-9-16)17-10-11-21(30)28(26-17)14-20(29)23-12-3-5-19-25-24-18-4-1-2-13-27(18)19/h1-2,4,6-11,13H,3,5,12,14H2,(H,23,29). The van der Waals surface area contributed by atoms with Gasteiger partial charge in [0.25, 0.3) is 5.56 Å². The fourth-order valence-corrected chi connectivity index (χ4v) is 3.19. The summed E-state index contributed by atoms with van der Waals surface area (Å²) in [5, 5.41) is 16.0. The van der Waals surface area contributed by atoms with Gasteiger partial charge in [-0.1, -0.05) is 29.8 Å². The maximum absolute atomic E-state index is 12.3. The molecule has 8 nitrogen and oxygen atoms in total. The van der Waals surface area contributed by atoms with Crippen LogP contribution in [0.1, 0.15) is 12.2 Å². The zero-order valence-corrected chi connectivity index (χ0v) is 16.8. The fourth-order valence-electron chi connectivity index (χ4n) is 3.06. The number of hydrogen-bond acceptors (Lipinski definition) is 5. The van der Waals surface area contributed by atoms with Crippen LogP contribution in [-0.4, -0.2) is 36.8 Å². The van der Waals surface area contributed by atoms with E-state index in [1.165, 1.54) is 6.07 Å². The maximum Gasteiger partial charge on any atom is 0.267 e. The van der Waals surface area contributed by atoms with Gasteiger partial charge in [0, 0.05) is 35.8 Å². The Morgan fingerprint density at radius 3 is 2.70 bits per heavy atom. The molecule has 0 unspecified atom stereocenters. The Hall–Kier alpha value is -3.52. The minimum Gasteiger partial charge on any atom is -0.354 e. The molecule has 4 rings (SSSR count). The van der Waals surface area contributed by atoms with Crippen LogP contribution in [0.5, 0.6) is 0 Å². The third-order valence-corrected chi connectivity index (χ3v) is 4.84. The van der Waals surface area contributed by atoms with Crippen molar-refractivity contribution in [1.82, 2.24) is 29.7 Å². The van der Waals surface area contributed by atoms with Crippen molar-refractivity contribution >= 4 is 23.2 Å². The van der Waals surface area contributed by atoms with Gasteiger partial charge in [-0.05, 0) is 36.8 Å². The Morgan fingerprint density at radius 2 is 1.87 bits per heavy atom. The SMILES string of the molecule is O=C(Cn1nc(-c2ccc(Cl)cc2)ccc1=O)NCCCc1nnc2ccccn12. The number of hydrogen-bond donors (Lipinski definition) is 1. The third kappa shape index (κ3) is 4.55. The monoisotopic (exact) mass is 422 g/mol. The van der Waals surface area contributed by atoms with E-state index in [9.17, 15) is 9.59 Å². The molecule has 0 aliphatic carbocycles. The Balaban J connectivity index is 1.33. The molecule has 0 aliphatic heterocycles. The highest BCUT2D eigenvalue weighted by Gasteiger charge is 2.09. The minimum absolute atomic E-state index is 0.145. The van der Waals surface area contributed by atoms with Gasteiger partial charge < -0.3 is 5.32 Å². The lowest BCUT2D eigenvalue weighted by atomic mass is 10.1. The number of pyridine rings is 1. The number of aromatic nitrogens is 5. The van der Waals surface area contributed by atoms with Crippen LogP contribution in [-0.2, 0) is 17.8 Å². The summed E-state index contributed by atoms with van der Waals surface area (Å²) in [6.45, 7) is 0.320. The number of benzene rings is 1. The number of nitrogens with zero attached hydrogens (tertiary/aromatic N) is 5. The largest absolute Gasteiger partial charge is 0.354 e. The lowest BCUT2D eigenvalue weighted by Gasteiger charge is -2.08. The Labute approximate surface area is 177 Å². The molecule has 0 radical (unpaired) electrons. The first-order valence-electron chi connectivity index (χ1n) is 9.49. The summed E-state index contributed by atoms with van der Waals surface area (Å²) in [5.74, 6) is 0.567.